The lowest BCUT2D eigenvalue weighted by atomic mass is 10.1. The molecule has 0 aliphatic carbocycles. The van der Waals surface area contributed by atoms with Crippen molar-refractivity contribution in [3.8, 4) is 0 Å². The molecule has 0 saturated heterocycles. The molecule has 15 heavy (non-hydrogen) atoms. The molecule has 0 spiro atoms. The highest BCUT2D eigenvalue weighted by Gasteiger charge is 2.27. The van der Waals surface area contributed by atoms with Gasteiger partial charge in [0.15, 0.2) is 0 Å². The van der Waals surface area contributed by atoms with E-state index in [2.05, 4.69) is 4.52 Å². The molecule has 2 atom stereocenters. The number of hydrogen-bond acceptors (Lipinski definition) is 5. The zero-order valence-electron chi connectivity index (χ0n) is 7.73. The van der Waals surface area contributed by atoms with Crippen LogP contribution in [0.1, 0.15) is 13.3 Å². The van der Waals surface area contributed by atoms with Gasteiger partial charge in [0.2, 0.25) is 5.78 Å². The van der Waals surface area contributed by atoms with Crippen LogP contribution in [0.5, 0.6) is 0 Å². The number of ketones is 1. The first-order chi connectivity index (χ1) is 6.63. The van der Waals surface area contributed by atoms with Gasteiger partial charge in [0.05, 0.1) is 12.2 Å². The average molecular weight is 242 g/mol. The van der Waals surface area contributed by atoms with Crippen LogP contribution in [0.25, 0.3) is 0 Å². The molecule has 0 aromatic rings. The van der Waals surface area contributed by atoms with E-state index in [0.29, 0.717) is 0 Å². The van der Waals surface area contributed by atoms with Crippen LogP contribution in [0.15, 0.2) is 0 Å². The van der Waals surface area contributed by atoms with Crippen LogP contribution in [0.4, 0.5) is 0 Å². The molecule has 88 valence electrons. The fraction of sp³-hybridized carbons (Fsp3) is 0.667. The molecule has 0 rings (SSSR count). The van der Waals surface area contributed by atoms with E-state index >= 15 is 0 Å². The van der Waals surface area contributed by atoms with Gasteiger partial charge in [-0.15, -0.1) is 0 Å². The Balaban J connectivity index is 4.22. The summed E-state index contributed by atoms with van der Waals surface area (Å²) in [5.41, 5.74) is 0. The van der Waals surface area contributed by atoms with Crippen LogP contribution in [-0.4, -0.2) is 44.0 Å². The summed E-state index contributed by atoms with van der Waals surface area (Å²) >= 11 is 0. The summed E-state index contributed by atoms with van der Waals surface area (Å²) < 4.78 is 14.4. The van der Waals surface area contributed by atoms with Crippen LogP contribution in [-0.2, 0) is 18.7 Å². The highest BCUT2D eigenvalue weighted by Crippen LogP contribution is 2.38. The molecule has 2 unspecified atom stereocenters. The summed E-state index contributed by atoms with van der Waals surface area (Å²) in [6.45, 7) is 1.11. The molecule has 0 aliphatic heterocycles. The summed E-state index contributed by atoms with van der Waals surface area (Å²) in [5.74, 6) is -2.99. The second kappa shape index (κ2) is 5.34. The Morgan fingerprint density at radius 3 is 2.20 bits per heavy atom. The van der Waals surface area contributed by atoms with Crippen LogP contribution >= 0.6 is 7.82 Å². The zero-order valence-corrected chi connectivity index (χ0v) is 8.63. The third-order valence-corrected chi connectivity index (χ3v) is 2.09. The number of rotatable bonds is 6. The number of aliphatic hydroxyl groups excluding tert-OH is 1. The summed E-state index contributed by atoms with van der Waals surface area (Å²) in [6.07, 6.45) is -3.69. The van der Waals surface area contributed by atoms with Gasteiger partial charge in [-0.05, 0) is 6.92 Å². The van der Waals surface area contributed by atoms with E-state index in [1.54, 1.807) is 0 Å². The minimum Gasteiger partial charge on any atom is -0.475 e. The van der Waals surface area contributed by atoms with Crippen molar-refractivity contribution < 1.29 is 38.7 Å². The monoisotopic (exact) mass is 242 g/mol. The van der Waals surface area contributed by atoms with E-state index in [0.717, 1.165) is 6.92 Å². The molecule has 0 heterocycles. The number of phosphoric acid groups is 1. The summed E-state index contributed by atoms with van der Waals surface area (Å²) in [7, 11) is -4.76. The van der Waals surface area contributed by atoms with Gasteiger partial charge < -0.3 is 20.0 Å². The van der Waals surface area contributed by atoms with Crippen molar-refractivity contribution in [2.45, 2.75) is 25.6 Å². The molecule has 0 amide bonds. The minimum atomic E-state index is -4.76. The Morgan fingerprint density at radius 1 is 1.40 bits per heavy atom. The van der Waals surface area contributed by atoms with E-state index in [9.17, 15) is 14.2 Å². The van der Waals surface area contributed by atoms with E-state index in [1.165, 1.54) is 0 Å². The molecule has 0 bridgehead atoms. The molecule has 0 radical (unpaired) electrons. The summed E-state index contributed by atoms with van der Waals surface area (Å²) in [4.78, 5) is 37.4. The normalized spacial score (nSPS) is 15.7. The van der Waals surface area contributed by atoms with Crippen LogP contribution < -0.4 is 0 Å². The first-order valence-corrected chi connectivity index (χ1v) is 5.34. The largest absolute Gasteiger partial charge is 0.475 e. The average Bonchev–Trinajstić information content (AvgIpc) is 2.00. The van der Waals surface area contributed by atoms with Gasteiger partial charge in [-0.2, -0.15) is 0 Å². The molecule has 4 N–H and O–H groups in total. The maximum atomic E-state index is 10.6. The maximum Gasteiger partial charge on any atom is 0.469 e. The van der Waals surface area contributed by atoms with E-state index in [-0.39, 0.29) is 0 Å². The molecule has 0 fully saturated rings. The van der Waals surface area contributed by atoms with Gasteiger partial charge in [-0.25, -0.2) is 9.36 Å². The van der Waals surface area contributed by atoms with E-state index in [1.807, 2.05) is 0 Å². The quantitative estimate of drug-likeness (QED) is 0.339. The van der Waals surface area contributed by atoms with E-state index < -0.39 is 38.2 Å². The SMILES string of the molecule is CC(OP(=O)(O)O)C(O)CC(=O)C(=O)O. The van der Waals surface area contributed by atoms with Crippen molar-refractivity contribution in [3.63, 3.8) is 0 Å². The molecule has 8 nitrogen and oxygen atoms in total. The predicted octanol–water partition coefficient (Wildman–Crippen LogP) is -1.11. The first kappa shape index (κ1) is 14.2. The Labute approximate surface area is 84.7 Å². The van der Waals surface area contributed by atoms with Crippen molar-refractivity contribution in [2.75, 3.05) is 0 Å². The van der Waals surface area contributed by atoms with Gasteiger partial charge in [-0.1, -0.05) is 0 Å². The number of phosphoric ester groups is 1. The highest BCUT2D eigenvalue weighted by atomic mass is 31.2. The molecular weight excluding hydrogens is 231 g/mol. The van der Waals surface area contributed by atoms with Crippen molar-refractivity contribution in [3.05, 3.63) is 0 Å². The molecule has 0 saturated carbocycles. The number of carbonyl (C=O) groups is 2. The third-order valence-electron chi connectivity index (χ3n) is 1.48. The van der Waals surface area contributed by atoms with Gasteiger partial charge in [0.1, 0.15) is 0 Å². The number of carbonyl (C=O) groups excluding carboxylic acids is 1. The van der Waals surface area contributed by atoms with Gasteiger partial charge in [-0.3, -0.25) is 9.32 Å². The van der Waals surface area contributed by atoms with Crippen molar-refractivity contribution in [1.82, 2.24) is 0 Å². The highest BCUT2D eigenvalue weighted by molar-refractivity contribution is 7.46. The molecule has 0 aromatic carbocycles. The van der Waals surface area contributed by atoms with Crippen LogP contribution in [0, 0.1) is 0 Å². The fourth-order valence-corrected chi connectivity index (χ4v) is 1.30. The lowest BCUT2D eigenvalue weighted by Gasteiger charge is -2.18. The second-order valence-electron chi connectivity index (χ2n) is 2.80. The summed E-state index contributed by atoms with van der Waals surface area (Å²) in [6, 6.07) is 0. The lowest BCUT2D eigenvalue weighted by molar-refractivity contribution is -0.150. The maximum absolute atomic E-state index is 10.6. The Bertz CT molecular complexity index is 294. The third kappa shape index (κ3) is 6.32. The smallest absolute Gasteiger partial charge is 0.469 e. The van der Waals surface area contributed by atoms with Crippen LogP contribution in [0.3, 0.4) is 0 Å². The van der Waals surface area contributed by atoms with Crippen molar-refractivity contribution in [2.24, 2.45) is 0 Å². The zero-order chi connectivity index (χ0) is 12.2. The Morgan fingerprint density at radius 2 is 1.87 bits per heavy atom. The van der Waals surface area contributed by atoms with Crippen molar-refractivity contribution >= 4 is 19.6 Å². The van der Waals surface area contributed by atoms with Crippen LogP contribution in [0.2, 0.25) is 0 Å². The minimum absolute atomic E-state index is 0.767. The van der Waals surface area contributed by atoms with Gasteiger partial charge >= 0.3 is 13.8 Å². The van der Waals surface area contributed by atoms with Gasteiger partial charge in [0, 0.05) is 6.42 Å². The molecular formula is C6H11O8P. The van der Waals surface area contributed by atoms with Gasteiger partial charge in [0.25, 0.3) is 0 Å². The number of hydrogen-bond donors (Lipinski definition) is 4. The molecule has 9 heteroatoms. The predicted molar refractivity (Wildman–Crippen MR) is 45.9 cm³/mol. The second-order valence-corrected chi connectivity index (χ2v) is 3.99. The number of carboxylic acids is 1. The Kier molecular flexibility index (Phi) is 5.06. The summed E-state index contributed by atoms with van der Waals surface area (Å²) in [5, 5.41) is 17.3. The number of Topliss-reactive ketones (excluding diaryl/α,β-unsaturated/α-hetero) is 1. The Hall–Kier alpha value is -0.790. The number of aliphatic carboxylic acids is 1. The topological polar surface area (TPSA) is 141 Å². The first-order valence-electron chi connectivity index (χ1n) is 3.81. The number of carboxylic acid groups (broad SMARTS) is 1. The molecule has 0 aromatic heterocycles. The molecule has 0 aliphatic rings. The van der Waals surface area contributed by atoms with E-state index in [4.69, 9.17) is 20.0 Å². The lowest BCUT2D eigenvalue weighted by Crippen LogP contribution is -2.30. The fourth-order valence-electron chi connectivity index (χ4n) is 0.730. The standard InChI is InChI=1S/C6H11O8P/c1-3(14-15(11,12)13)4(7)2-5(8)6(9)10/h3-4,7H,2H2,1H3,(H,9,10)(H2,11,12,13). The number of aliphatic hydroxyl groups is 1. The van der Waals surface area contributed by atoms with Crippen molar-refractivity contribution in [1.29, 1.82) is 0 Å².